The van der Waals surface area contributed by atoms with Crippen LogP contribution in [-0.4, -0.2) is 63.3 Å². The van der Waals surface area contributed by atoms with E-state index in [0.29, 0.717) is 13.0 Å². The normalized spacial score (nSPS) is 15.7. The second kappa shape index (κ2) is 11.9. The Morgan fingerprint density at radius 1 is 1.16 bits per heavy atom. The summed E-state index contributed by atoms with van der Waals surface area (Å²) in [4.78, 5) is 34.3. The van der Waals surface area contributed by atoms with E-state index in [1.807, 2.05) is 0 Å². The average molecular weight is 377 g/mol. The number of aliphatic hydroxyl groups is 2. The van der Waals surface area contributed by atoms with E-state index < -0.39 is 48.2 Å². The molecule has 0 aliphatic rings. The minimum Gasteiger partial charge on any atom is -0.481 e. The molecule has 10 heteroatoms. The number of ketones is 1. The van der Waals surface area contributed by atoms with Gasteiger partial charge < -0.3 is 32.1 Å². The fourth-order valence-corrected chi connectivity index (χ4v) is 2.38. The Balaban J connectivity index is 4.66. The SMILES string of the molecule is CC(O)[C@@H](N)CCNC(=S)[C@@H](CC(N)=O)CC(=O)C[C@H](CO)C(=O)O. The van der Waals surface area contributed by atoms with Crippen molar-refractivity contribution in [3.8, 4) is 0 Å². The number of Topliss-reactive ketones (excluding diaryl/α,β-unsaturated/α-hetero) is 1. The quantitative estimate of drug-likeness (QED) is 0.209. The van der Waals surface area contributed by atoms with Crippen LogP contribution in [0.4, 0.5) is 0 Å². The molecule has 0 aromatic heterocycles. The number of nitrogens with two attached hydrogens (primary N) is 2. The number of carbonyl (C=O) groups is 3. The third-order valence-electron chi connectivity index (χ3n) is 3.73. The van der Waals surface area contributed by atoms with E-state index in [0.717, 1.165) is 0 Å². The Morgan fingerprint density at radius 3 is 2.16 bits per heavy atom. The molecule has 0 rings (SSSR count). The van der Waals surface area contributed by atoms with Crippen LogP contribution >= 0.6 is 12.2 Å². The van der Waals surface area contributed by atoms with Gasteiger partial charge in [0.1, 0.15) is 5.78 Å². The lowest BCUT2D eigenvalue weighted by Crippen LogP contribution is -2.39. The first-order valence-electron chi connectivity index (χ1n) is 7.93. The number of carboxylic acid groups (broad SMARTS) is 1. The Hall–Kier alpha value is -1.62. The van der Waals surface area contributed by atoms with Crippen molar-refractivity contribution in [1.29, 1.82) is 0 Å². The number of thiocarbonyl (C=S) groups is 1. The van der Waals surface area contributed by atoms with Gasteiger partial charge in [-0.1, -0.05) is 12.2 Å². The predicted molar refractivity (Wildman–Crippen MR) is 94.6 cm³/mol. The molecule has 25 heavy (non-hydrogen) atoms. The van der Waals surface area contributed by atoms with Gasteiger partial charge in [0.15, 0.2) is 0 Å². The molecule has 144 valence electrons. The third kappa shape index (κ3) is 10.1. The summed E-state index contributed by atoms with van der Waals surface area (Å²) in [6, 6.07) is -0.438. The van der Waals surface area contributed by atoms with E-state index in [4.69, 9.17) is 33.9 Å². The molecule has 0 fully saturated rings. The van der Waals surface area contributed by atoms with Gasteiger partial charge in [0.2, 0.25) is 5.91 Å². The molecule has 1 unspecified atom stereocenters. The van der Waals surface area contributed by atoms with Gasteiger partial charge in [-0.3, -0.25) is 14.4 Å². The number of aliphatic hydroxyl groups excluding tert-OH is 2. The Labute approximate surface area is 151 Å². The standard InChI is InChI=1S/C15H27N3O6S/c1-8(20)12(16)2-3-18-14(25)9(6-13(17)22)4-11(21)5-10(7-19)15(23)24/h8-10,12,19-20H,2-7,16H2,1H3,(H2,17,22)(H,18,25)(H,23,24)/t8?,9-,10-,12+/m1/s1. The summed E-state index contributed by atoms with van der Waals surface area (Å²) >= 11 is 5.18. The molecular formula is C15H27N3O6S. The summed E-state index contributed by atoms with van der Waals surface area (Å²) in [5.41, 5.74) is 10.9. The molecule has 1 amide bonds. The number of nitrogens with one attached hydrogen (secondary N) is 1. The highest BCUT2D eigenvalue weighted by Crippen LogP contribution is 2.15. The Bertz CT molecular complexity index is 486. The minimum atomic E-state index is -1.27. The van der Waals surface area contributed by atoms with Gasteiger partial charge in [0.05, 0.1) is 23.6 Å². The molecule has 0 bridgehead atoms. The largest absolute Gasteiger partial charge is 0.481 e. The van der Waals surface area contributed by atoms with Crippen LogP contribution in [0.25, 0.3) is 0 Å². The smallest absolute Gasteiger partial charge is 0.309 e. The average Bonchev–Trinajstić information content (AvgIpc) is 2.50. The molecule has 0 aromatic rings. The van der Waals surface area contributed by atoms with Crippen molar-refractivity contribution >= 4 is 34.9 Å². The van der Waals surface area contributed by atoms with Crippen molar-refractivity contribution in [3.63, 3.8) is 0 Å². The van der Waals surface area contributed by atoms with Crippen LogP contribution < -0.4 is 16.8 Å². The van der Waals surface area contributed by atoms with Crippen molar-refractivity contribution in [1.82, 2.24) is 5.32 Å². The second-order valence-corrected chi connectivity index (χ2v) is 6.46. The van der Waals surface area contributed by atoms with Gasteiger partial charge in [-0.15, -0.1) is 0 Å². The molecule has 4 atom stereocenters. The molecule has 0 radical (unpaired) electrons. The second-order valence-electron chi connectivity index (χ2n) is 6.02. The van der Waals surface area contributed by atoms with Crippen LogP contribution in [0.15, 0.2) is 0 Å². The number of carbonyl (C=O) groups excluding carboxylic acids is 2. The van der Waals surface area contributed by atoms with Crippen LogP contribution in [0.1, 0.15) is 32.6 Å². The topological polar surface area (TPSA) is 176 Å². The number of rotatable bonds is 13. The Kier molecular flexibility index (Phi) is 11.1. The summed E-state index contributed by atoms with van der Waals surface area (Å²) in [7, 11) is 0. The zero-order valence-electron chi connectivity index (χ0n) is 14.2. The van der Waals surface area contributed by atoms with Crippen molar-refractivity contribution in [3.05, 3.63) is 0 Å². The van der Waals surface area contributed by atoms with Crippen molar-refractivity contribution in [2.45, 2.75) is 44.8 Å². The van der Waals surface area contributed by atoms with Crippen molar-refractivity contribution in [2.75, 3.05) is 13.2 Å². The van der Waals surface area contributed by atoms with Crippen LogP contribution in [0.5, 0.6) is 0 Å². The maximum absolute atomic E-state index is 12.0. The Morgan fingerprint density at radius 2 is 1.72 bits per heavy atom. The monoisotopic (exact) mass is 377 g/mol. The van der Waals surface area contributed by atoms with Crippen LogP contribution in [0, 0.1) is 11.8 Å². The molecule has 0 aliphatic carbocycles. The van der Waals surface area contributed by atoms with Crippen LogP contribution in [-0.2, 0) is 14.4 Å². The van der Waals surface area contributed by atoms with Gasteiger partial charge in [0, 0.05) is 37.8 Å². The van der Waals surface area contributed by atoms with E-state index in [9.17, 15) is 19.5 Å². The van der Waals surface area contributed by atoms with Gasteiger partial charge in [-0.25, -0.2) is 0 Å². The fraction of sp³-hybridized carbons (Fsp3) is 0.733. The highest BCUT2D eigenvalue weighted by Gasteiger charge is 2.25. The first-order valence-corrected chi connectivity index (χ1v) is 8.34. The molecule has 9 nitrogen and oxygen atoms in total. The lowest BCUT2D eigenvalue weighted by molar-refractivity contribution is -0.145. The van der Waals surface area contributed by atoms with Crippen LogP contribution in [0.3, 0.4) is 0 Å². The number of carboxylic acids is 1. The lowest BCUT2D eigenvalue weighted by atomic mass is 9.93. The molecule has 0 spiro atoms. The number of hydrogen-bond donors (Lipinski definition) is 6. The van der Waals surface area contributed by atoms with Gasteiger partial charge >= 0.3 is 5.97 Å². The molecule has 8 N–H and O–H groups in total. The number of primary amides is 1. The van der Waals surface area contributed by atoms with E-state index in [1.165, 1.54) is 0 Å². The third-order valence-corrected chi connectivity index (χ3v) is 4.21. The maximum Gasteiger partial charge on any atom is 0.309 e. The highest BCUT2D eigenvalue weighted by atomic mass is 32.1. The number of hydrogen-bond acceptors (Lipinski definition) is 7. The first kappa shape index (κ1) is 23.4. The van der Waals surface area contributed by atoms with Gasteiger partial charge in [0.25, 0.3) is 0 Å². The summed E-state index contributed by atoms with van der Waals surface area (Å²) < 4.78 is 0. The number of aliphatic carboxylic acids is 1. The predicted octanol–water partition coefficient (Wildman–Crippen LogP) is -1.46. The van der Waals surface area contributed by atoms with Crippen molar-refractivity contribution < 1.29 is 29.7 Å². The zero-order valence-corrected chi connectivity index (χ0v) is 15.0. The summed E-state index contributed by atoms with van der Waals surface area (Å²) in [6.45, 7) is 1.27. The van der Waals surface area contributed by atoms with E-state index in [-0.39, 0.29) is 24.3 Å². The molecule has 0 saturated heterocycles. The van der Waals surface area contributed by atoms with E-state index in [2.05, 4.69) is 5.32 Å². The summed E-state index contributed by atoms with van der Waals surface area (Å²) in [6.07, 6.45) is -0.903. The van der Waals surface area contributed by atoms with Gasteiger partial charge in [-0.2, -0.15) is 0 Å². The van der Waals surface area contributed by atoms with Crippen molar-refractivity contribution in [2.24, 2.45) is 23.3 Å². The maximum atomic E-state index is 12.0. The molecule has 0 aromatic carbocycles. The summed E-state index contributed by atoms with van der Waals surface area (Å²) in [5.74, 6) is -4.18. The highest BCUT2D eigenvalue weighted by molar-refractivity contribution is 7.80. The lowest BCUT2D eigenvalue weighted by Gasteiger charge is -2.20. The van der Waals surface area contributed by atoms with Crippen LogP contribution in [0.2, 0.25) is 0 Å². The summed E-state index contributed by atoms with van der Waals surface area (Å²) in [5, 5.41) is 30.0. The van der Waals surface area contributed by atoms with Gasteiger partial charge in [-0.05, 0) is 13.3 Å². The van der Waals surface area contributed by atoms with E-state index in [1.54, 1.807) is 6.92 Å². The number of amides is 1. The zero-order chi connectivity index (χ0) is 19.6. The molecule has 0 heterocycles. The first-order chi connectivity index (χ1) is 11.6. The van der Waals surface area contributed by atoms with E-state index >= 15 is 0 Å². The minimum absolute atomic E-state index is 0.152. The molecule has 0 saturated carbocycles. The molecule has 0 aliphatic heterocycles. The molecular weight excluding hydrogens is 350 g/mol. The fourth-order valence-electron chi connectivity index (χ4n) is 2.11.